The number of sulfonamides is 1. The summed E-state index contributed by atoms with van der Waals surface area (Å²) >= 11 is 0.890. The van der Waals surface area contributed by atoms with E-state index >= 15 is 0 Å². The van der Waals surface area contributed by atoms with Crippen LogP contribution < -0.4 is 10.0 Å². The minimum Gasteiger partial charge on any atom is -0.464 e. The maximum atomic E-state index is 12.5. The Kier molecular flexibility index (Phi) is 4.95. The first kappa shape index (κ1) is 17.0. The molecule has 3 rings (SSSR count). The van der Waals surface area contributed by atoms with E-state index in [0.717, 1.165) is 29.9 Å². The van der Waals surface area contributed by atoms with Gasteiger partial charge in [0.15, 0.2) is 9.90 Å². The summed E-state index contributed by atoms with van der Waals surface area (Å²) in [5, 5.41) is 3.31. The lowest BCUT2D eigenvalue weighted by molar-refractivity contribution is 0.0590. The molecule has 128 valence electrons. The molecule has 9 heteroatoms. The fourth-order valence-electron chi connectivity index (χ4n) is 2.69. The van der Waals surface area contributed by atoms with Crippen LogP contribution >= 0.6 is 11.3 Å². The number of ether oxygens (including phenoxy) is 1. The molecule has 1 atom stereocenters. The van der Waals surface area contributed by atoms with Gasteiger partial charge in [-0.05, 0) is 24.1 Å². The van der Waals surface area contributed by atoms with Crippen molar-refractivity contribution in [3.8, 4) is 0 Å². The minimum atomic E-state index is -3.84. The van der Waals surface area contributed by atoms with Crippen LogP contribution in [0.1, 0.15) is 27.7 Å². The van der Waals surface area contributed by atoms with Gasteiger partial charge in [0.05, 0.1) is 12.6 Å². The van der Waals surface area contributed by atoms with E-state index in [0.29, 0.717) is 0 Å². The third-order valence-electron chi connectivity index (χ3n) is 3.85. The van der Waals surface area contributed by atoms with Gasteiger partial charge in [0.1, 0.15) is 0 Å². The van der Waals surface area contributed by atoms with E-state index in [-0.39, 0.29) is 22.5 Å². The van der Waals surface area contributed by atoms with Gasteiger partial charge in [-0.2, -0.15) is 0 Å². The van der Waals surface area contributed by atoms with E-state index in [2.05, 4.69) is 25.8 Å². The Bertz CT molecular complexity index is 848. The van der Waals surface area contributed by atoms with Crippen molar-refractivity contribution in [1.29, 1.82) is 0 Å². The molecule has 1 aliphatic heterocycles. The molecule has 1 aliphatic rings. The summed E-state index contributed by atoms with van der Waals surface area (Å²) in [5.74, 6) is -0.766. The van der Waals surface area contributed by atoms with Crippen molar-refractivity contribution in [3.05, 3.63) is 46.6 Å². The van der Waals surface area contributed by atoms with Crippen molar-refractivity contribution in [2.24, 2.45) is 0 Å². The zero-order chi connectivity index (χ0) is 17.2. The molecule has 1 unspecified atom stereocenters. The molecule has 0 spiro atoms. The van der Waals surface area contributed by atoms with Gasteiger partial charge in [-0.3, -0.25) is 0 Å². The molecule has 0 saturated heterocycles. The van der Waals surface area contributed by atoms with Crippen LogP contribution in [-0.4, -0.2) is 39.6 Å². The zero-order valence-electron chi connectivity index (χ0n) is 13.0. The number of rotatable bonds is 5. The van der Waals surface area contributed by atoms with Gasteiger partial charge in [0, 0.05) is 12.6 Å². The second-order valence-corrected chi connectivity index (χ2v) is 8.10. The monoisotopic (exact) mass is 367 g/mol. The average Bonchev–Trinajstić information content (AvgIpc) is 3.10. The number of benzene rings is 1. The van der Waals surface area contributed by atoms with Crippen LogP contribution in [0.4, 0.5) is 0 Å². The summed E-state index contributed by atoms with van der Waals surface area (Å²) in [6.45, 7) is 0.981. The summed E-state index contributed by atoms with van der Waals surface area (Å²) in [6, 6.07) is 7.85. The quantitative estimate of drug-likeness (QED) is 0.768. The van der Waals surface area contributed by atoms with Crippen molar-refractivity contribution in [1.82, 2.24) is 15.0 Å². The topological polar surface area (TPSA) is 97.4 Å². The maximum Gasteiger partial charge on any atom is 0.358 e. The first-order valence-electron chi connectivity index (χ1n) is 7.35. The van der Waals surface area contributed by atoms with Crippen LogP contribution in [0.2, 0.25) is 0 Å². The SMILES string of the molecule is COC(=O)c1ncsc1S(=O)(=O)NCC1NCCc2ccccc21. The van der Waals surface area contributed by atoms with Gasteiger partial charge in [-0.15, -0.1) is 11.3 Å². The minimum absolute atomic E-state index is 0.112. The van der Waals surface area contributed by atoms with Crippen molar-refractivity contribution in [2.75, 3.05) is 20.2 Å². The largest absolute Gasteiger partial charge is 0.464 e. The van der Waals surface area contributed by atoms with Crippen LogP contribution in [0, 0.1) is 0 Å². The van der Waals surface area contributed by atoms with Crippen LogP contribution in [0.25, 0.3) is 0 Å². The number of methoxy groups -OCH3 is 1. The molecule has 24 heavy (non-hydrogen) atoms. The Morgan fingerprint density at radius 2 is 2.25 bits per heavy atom. The predicted molar refractivity (Wildman–Crippen MR) is 89.5 cm³/mol. The van der Waals surface area contributed by atoms with E-state index in [1.165, 1.54) is 18.2 Å². The molecular formula is C15H17N3O4S2. The molecule has 2 N–H and O–H groups in total. The van der Waals surface area contributed by atoms with Crippen molar-refractivity contribution in [2.45, 2.75) is 16.7 Å². The van der Waals surface area contributed by atoms with E-state index in [1.54, 1.807) is 0 Å². The van der Waals surface area contributed by atoms with Gasteiger partial charge >= 0.3 is 5.97 Å². The number of nitrogens with zero attached hydrogens (tertiary/aromatic N) is 1. The molecule has 0 aliphatic carbocycles. The molecule has 2 heterocycles. The van der Waals surface area contributed by atoms with Crippen LogP contribution in [-0.2, 0) is 21.2 Å². The summed E-state index contributed by atoms with van der Waals surface area (Å²) in [7, 11) is -2.65. The highest BCUT2D eigenvalue weighted by molar-refractivity contribution is 7.91. The standard InChI is InChI=1S/C15H17N3O4S2/c1-22-14(19)13-15(23-9-17-13)24(20,21)18-8-12-11-5-3-2-4-10(11)6-7-16-12/h2-5,9,12,16,18H,6-8H2,1H3. The maximum absolute atomic E-state index is 12.5. The van der Waals surface area contributed by atoms with Crippen molar-refractivity contribution in [3.63, 3.8) is 0 Å². The molecular weight excluding hydrogens is 350 g/mol. The normalized spacial score (nSPS) is 17.3. The lowest BCUT2D eigenvalue weighted by atomic mass is 9.95. The van der Waals surface area contributed by atoms with E-state index in [1.807, 2.05) is 18.2 Å². The Balaban J connectivity index is 1.78. The lowest BCUT2D eigenvalue weighted by Gasteiger charge is -2.27. The first-order chi connectivity index (χ1) is 11.5. The molecule has 0 amide bonds. The summed E-state index contributed by atoms with van der Waals surface area (Å²) in [6.07, 6.45) is 0.917. The van der Waals surface area contributed by atoms with Crippen LogP contribution in [0.15, 0.2) is 34.0 Å². The van der Waals surface area contributed by atoms with Gasteiger partial charge in [-0.1, -0.05) is 24.3 Å². The Hall–Kier alpha value is -1.81. The number of esters is 1. The molecule has 2 aromatic rings. The van der Waals surface area contributed by atoms with Crippen molar-refractivity contribution >= 4 is 27.3 Å². The molecule has 0 saturated carbocycles. The van der Waals surface area contributed by atoms with Gasteiger partial charge in [0.25, 0.3) is 10.0 Å². The van der Waals surface area contributed by atoms with E-state index < -0.39 is 16.0 Å². The fraction of sp³-hybridized carbons (Fsp3) is 0.333. The Labute approximate surface area is 144 Å². The van der Waals surface area contributed by atoms with Crippen molar-refractivity contribution < 1.29 is 17.9 Å². The Morgan fingerprint density at radius 1 is 1.46 bits per heavy atom. The first-order valence-corrected chi connectivity index (χ1v) is 9.72. The molecule has 1 aromatic carbocycles. The lowest BCUT2D eigenvalue weighted by Crippen LogP contribution is -2.38. The molecule has 0 fully saturated rings. The van der Waals surface area contributed by atoms with E-state index in [9.17, 15) is 13.2 Å². The summed E-state index contributed by atoms with van der Waals surface area (Å²) in [4.78, 5) is 15.4. The van der Waals surface area contributed by atoms with Crippen LogP contribution in [0.5, 0.6) is 0 Å². The summed E-state index contributed by atoms with van der Waals surface area (Å²) < 4.78 is 32.0. The molecule has 7 nitrogen and oxygen atoms in total. The van der Waals surface area contributed by atoms with Crippen LogP contribution in [0.3, 0.4) is 0 Å². The molecule has 1 aromatic heterocycles. The highest BCUT2D eigenvalue weighted by Crippen LogP contribution is 2.24. The predicted octanol–water partition coefficient (Wildman–Crippen LogP) is 1.10. The number of hydrogen-bond acceptors (Lipinski definition) is 7. The number of nitrogens with one attached hydrogen (secondary N) is 2. The highest BCUT2D eigenvalue weighted by atomic mass is 32.2. The third kappa shape index (κ3) is 3.34. The Morgan fingerprint density at radius 3 is 3.04 bits per heavy atom. The highest BCUT2D eigenvalue weighted by Gasteiger charge is 2.28. The fourth-order valence-corrected chi connectivity index (χ4v) is 4.91. The average molecular weight is 367 g/mol. The number of hydrogen-bond donors (Lipinski definition) is 2. The molecule has 0 bridgehead atoms. The van der Waals surface area contributed by atoms with E-state index in [4.69, 9.17) is 0 Å². The van der Waals surface area contributed by atoms with Gasteiger partial charge in [-0.25, -0.2) is 22.9 Å². The smallest absolute Gasteiger partial charge is 0.358 e. The third-order valence-corrected chi connectivity index (χ3v) is 6.64. The molecule has 0 radical (unpaired) electrons. The second-order valence-electron chi connectivity index (χ2n) is 5.29. The van der Waals surface area contributed by atoms with Gasteiger partial charge < -0.3 is 10.1 Å². The number of carbonyl (C=O) groups is 1. The number of thiazole rings is 1. The summed E-state index contributed by atoms with van der Waals surface area (Å²) in [5.41, 5.74) is 3.43. The van der Waals surface area contributed by atoms with Gasteiger partial charge in [0.2, 0.25) is 0 Å². The number of aromatic nitrogens is 1. The zero-order valence-corrected chi connectivity index (χ0v) is 14.6. The number of carbonyl (C=O) groups excluding carboxylic acids is 1. The number of fused-ring (bicyclic) bond motifs is 1. The second kappa shape index (κ2) is 6.98.